The fraction of sp³-hybridized carbons (Fsp3) is 0.0476. The monoisotopic (exact) mass is 361 g/mol. The van der Waals surface area contributed by atoms with Gasteiger partial charge in [0.05, 0.1) is 12.5 Å². The molecule has 0 bridgehead atoms. The minimum Gasteiger partial charge on any atom is -0.459 e. The van der Waals surface area contributed by atoms with E-state index in [0.717, 1.165) is 22.0 Å². The molecule has 4 rings (SSSR count). The average Bonchev–Trinajstić information content (AvgIpc) is 3.33. The summed E-state index contributed by atoms with van der Waals surface area (Å²) in [6.07, 6.45) is 4.99. The molecule has 2 aromatic heterocycles. The van der Waals surface area contributed by atoms with Crippen molar-refractivity contribution in [2.75, 3.05) is 0 Å². The van der Waals surface area contributed by atoms with Crippen LogP contribution in [0.5, 0.6) is 0 Å². The lowest BCUT2D eigenvalue weighted by Crippen LogP contribution is -2.16. The molecule has 0 radical (unpaired) electrons. The lowest BCUT2D eigenvalue weighted by atomic mass is 10.2. The molecule has 0 aliphatic heterocycles. The van der Waals surface area contributed by atoms with Crippen LogP contribution in [0.15, 0.2) is 82.6 Å². The Labute approximate surface area is 154 Å². The van der Waals surface area contributed by atoms with E-state index in [1.807, 2.05) is 30.5 Å². The third-order valence-corrected chi connectivity index (χ3v) is 4.20. The van der Waals surface area contributed by atoms with Gasteiger partial charge in [-0.15, -0.1) is 0 Å². The van der Waals surface area contributed by atoms with E-state index in [1.165, 1.54) is 18.4 Å². The number of furan rings is 1. The van der Waals surface area contributed by atoms with E-state index in [0.29, 0.717) is 6.54 Å². The van der Waals surface area contributed by atoms with Gasteiger partial charge < -0.3 is 8.98 Å². The first kappa shape index (κ1) is 16.8. The van der Waals surface area contributed by atoms with Crippen LogP contribution < -0.4 is 5.43 Å². The smallest absolute Gasteiger partial charge is 0.307 e. The molecule has 134 valence electrons. The highest BCUT2D eigenvalue weighted by atomic mass is 19.1. The summed E-state index contributed by atoms with van der Waals surface area (Å²) >= 11 is 0. The van der Waals surface area contributed by atoms with Crippen molar-refractivity contribution >= 4 is 23.0 Å². The predicted molar refractivity (Wildman–Crippen MR) is 101 cm³/mol. The molecule has 0 saturated heterocycles. The van der Waals surface area contributed by atoms with Crippen molar-refractivity contribution in [1.82, 2.24) is 9.99 Å². The Morgan fingerprint density at radius 1 is 1.11 bits per heavy atom. The largest absolute Gasteiger partial charge is 0.459 e. The van der Waals surface area contributed by atoms with Gasteiger partial charge in [-0.25, -0.2) is 9.82 Å². The first-order valence-corrected chi connectivity index (χ1v) is 8.40. The maximum atomic E-state index is 13.1. The van der Waals surface area contributed by atoms with Gasteiger partial charge in [-0.1, -0.05) is 30.3 Å². The van der Waals surface area contributed by atoms with Gasteiger partial charge in [-0.2, -0.15) is 5.10 Å². The summed E-state index contributed by atoms with van der Waals surface area (Å²) in [6.45, 7) is 0.605. The summed E-state index contributed by atoms with van der Waals surface area (Å²) in [5.41, 5.74) is 5.34. The number of fused-ring (bicyclic) bond motifs is 1. The maximum absolute atomic E-state index is 13.1. The number of hydrazone groups is 1. The summed E-state index contributed by atoms with van der Waals surface area (Å²) in [6, 6.07) is 17.6. The van der Waals surface area contributed by atoms with Crippen LogP contribution in [0.25, 0.3) is 10.9 Å². The maximum Gasteiger partial charge on any atom is 0.307 e. The van der Waals surface area contributed by atoms with Gasteiger partial charge in [-0.3, -0.25) is 4.79 Å². The van der Waals surface area contributed by atoms with E-state index in [4.69, 9.17) is 4.42 Å². The lowest BCUT2D eigenvalue weighted by molar-refractivity contribution is 0.0927. The van der Waals surface area contributed by atoms with E-state index in [2.05, 4.69) is 15.1 Å². The van der Waals surface area contributed by atoms with Crippen LogP contribution >= 0.6 is 0 Å². The fourth-order valence-corrected chi connectivity index (χ4v) is 2.92. The second-order valence-electron chi connectivity index (χ2n) is 6.03. The number of rotatable bonds is 5. The molecule has 4 aromatic rings. The molecular formula is C21H16FN3O2. The van der Waals surface area contributed by atoms with Crippen LogP contribution in [-0.4, -0.2) is 16.7 Å². The number of nitrogens with one attached hydrogen (secondary N) is 1. The molecule has 2 heterocycles. The third-order valence-electron chi connectivity index (χ3n) is 4.20. The molecule has 0 aliphatic rings. The van der Waals surface area contributed by atoms with E-state index >= 15 is 0 Å². The normalized spacial score (nSPS) is 11.3. The predicted octanol–water partition coefficient (Wildman–Crippen LogP) is 4.19. The van der Waals surface area contributed by atoms with Crippen LogP contribution in [0.1, 0.15) is 21.7 Å². The highest BCUT2D eigenvalue weighted by molar-refractivity contribution is 6.00. The zero-order valence-corrected chi connectivity index (χ0v) is 14.3. The minimum absolute atomic E-state index is 0.200. The summed E-state index contributed by atoms with van der Waals surface area (Å²) in [7, 11) is 0. The quantitative estimate of drug-likeness (QED) is 0.428. The van der Waals surface area contributed by atoms with Gasteiger partial charge in [0.1, 0.15) is 5.82 Å². The molecule has 0 saturated carbocycles. The van der Waals surface area contributed by atoms with Gasteiger partial charge in [0.25, 0.3) is 0 Å². The number of hydrogen-bond donors (Lipinski definition) is 1. The second-order valence-corrected chi connectivity index (χ2v) is 6.03. The molecule has 0 atom stereocenters. The number of nitrogens with zero attached hydrogens (tertiary/aromatic N) is 2. The Balaban J connectivity index is 1.58. The lowest BCUT2D eigenvalue weighted by Gasteiger charge is -2.05. The van der Waals surface area contributed by atoms with Gasteiger partial charge in [0.2, 0.25) is 0 Å². The zero-order valence-electron chi connectivity index (χ0n) is 14.3. The van der Waals surface area contributed by atoms with Crippen molar-refractivity contribution in [3.05, 3.63) is 95.8 Å². The van der Waals surface area contributed by atoms with Gasteiger partial charge in [0, 0.05) is 29.2 Å². The van der Waals surface area contributed by atoms with Gasteiger partial charge >= 0.3 is 5.91 Å². The molecule has 0 aliphatic carbocycles. The number of benzene rings is 2. The van der Waals surface area contributed by atoms with Crippen molar-refractivity contribution < 1.29 is 13.6 Å². The topological polar surface area (TPSA) is 59.5 Å². The van der Waals surface area contributed by atoms with Crippen molar-refractivity contribution in [1.29, 1.82) is 0 Å². The van der Waals surface area contributed by atoms with Crippen LogP contribution in [0.4, 0.5) is 4.39 Å². The molecule has 6 heteroatoms. The number of carbonyl (C=O) groups is 1. The number of halogens is 1. The average molecular weight is 361 g/mol. The molecule has 5 nitrogen and oxygen atoms in total. The van der Waals surface area contributed by atoms with Crippen molar-refractivity contribution in [2.45, 2.75) is 6.54 Å². The molecule has 27 heavy (non-hydrogen) atoms. The van der Waals surface area contributed by atoms with Gasteiger partial charge in [-0.05, 0) is 35.9 Å². The Kier molecular flexibility index (Phi) is 4.53. The molecule has 1 amide bonds. The Bertz CT molecular complexity index is 1100. The number of aromatic nitrogens is 1. The molecule has 1 N–H and O–H groups in total. The van der Waals surface area contributed by atoms with Crippen molar-refractivity contribution in [3.8, 4) is 0 Å². The summed E-state index contributed by atoms with van der Waals surface area (Å²) in [5, 5.41) is 5.04. The highest BCUT2D eigenvalue weighted by Crippen LogP contribution is 2.21. The van der Waals surface area contributed by atoms with Crippen LogP contribution in [0.2, 0.25) is 0 Å². The summed E-state index contributed by atoms with van der Waals surface area (Å²) in [5.74, 6) is -0.464. The van der Waals surface area contributed by atoms with E-state index in [-0.39, 0.29) is 11.6 Å². The number of amides is 1. The van der Waals surface area contributed by atoms with Crippen LogP contribution in [0, 0.1) is 5.82 Å². The Morgan fingerprint density at radius 2 is 1.93 bits per heavy atom. The zero-order chi connectivity index (χ0) is 18.6. The SMILES string of the molecule is O=C(NN=Cc1cn(Cc2ccc(F)cc2)c2ccccc12)c1ccco1. The van der Waals surface area contributed by atoms with Crippen LogP contribution in [-0.2, 0) is 6.54 Å². The fourth-order valence-electron chi connectivity index (χ4n) is 2.92. The van der Waals surface area contributed by atoms with Gasteiger partial charge in [0.15, 0.2) is 5.76 Å². The molecular weight excluding hydrogens is 345 g/mol. The minimum atomic E-state index is -0.411. The third kappa shape index (κ3) is 3.64. The second kappa shape index (κ2) is 7.29. The standard InChI is InChI=1S/C21H16FN3O2/c22-17-9-7-15(8-10-17)13-25-14-16(18-4-1-2-5-19(18)25)12-23-24-21(26)20-6-3-11-27-20/h1-12,14H,13H2,(H,24,26). The first-order valence-electron chi connectivity index (χ1n) is 8.40. The van der Waals surface area contributed by atoms with Crippen LogP contribution in [0.3, 0.4) is 0 Å². The number of hydrogen-bond acceptors (Lipinski definition) is 3. The van der Waals surface area contributed by atoms with Crippen molar-refractivity contribution in [3.63, 3.8) is 0 Å². The first-order chi connectivity index (χ1) is 13.2. The molecule has 0 unspecified atom stereocenters. The van der Waals surface area contributed by atoms with Crippen molar-refractivity contribution in [2.24, 2.45) is 5.10 Å². The summed E-state index contributed by atoms with van der Waals surface area (Å²) < 4.78 is 20.2. The number of para-hydroxylation sites is 1. The Hall–Kier alpha value is -3.67. The summed E-state index contributed by atoms with van der Waals surface area (Å²) in [4.78, 5) is 11.9. The molecule has 2 aromatic carbocycles. The Morgan fingerprint density at radius 3 is 2.70 bits per heavy atom. The highest BCUT2D eigenvalue weighted by Gasteiger charge is 2.09. The number of carbonyl (C=O) groups excluding carboxylic acids is 1. The van der Waals surface area contributed by atoms with E-state index in [9.17, 15) is 9.18 Å². The molecule has 0 spiro atoms. The van der Waals surface area contributed by atoms with E-state index in [1.54, 1.807) is 30.5 Å². The van der Waals surface area contributed by atoms with E-state index < -0.39 is 5.91 Å². The molecule has 0 fully saturated rings.